The van der Waals surface area contributed by atoms with Crippen molar-refractivity contribution in [2.75, 3.05) is 30.9 Å². The van der Waals surface area contributed by atoms with E-state index in [1.807, 2.05) is 25.1 Å². The summed E-state index contributed by atoms with van der Waals surface area (Å²) in [6, 6.07) is 12.2. The predicted octanol–water partition coefficient (Wildman–Crippen LogP) is 3.49. The average Bonchev–Trinajstić information content (AvgIpc) is 2.79. The second-order valence-electron chi connectivity index (χ2n) is 6.80. The van der Waals surface area contributed by atoms with Crippen molar-refractivity contribution < 1.29 is 23.8 Å². The van der Waals surface area contributed by atoms with Crippen LogP contribution in [0, 0.1) is 0 Å². The molecule has 30 heavy (non-hydrogen) atoms. The van der Waals surface area contributed by atoms with Crippen LogP contribution in [-0.4, -0.2) is 37.4 Å². The lowest BCUT2D eigenvalue weighted by Gasteiger charge is -2.21. The first-order valence-electron chi connectivity index (χ1n) is 9.67. The molecule has 0 spiro atoms. The molecule has 1 atom stereocenters. The molecule has 156 valence electrons. The molecule has 0 bridgehead atoms. The Hall–Kier alpha value is -3.13. The normalized spacial score (nSPS) is 16.0. The number of ether oxygens (including phenoxy) is 3. The SMILES string of the molecule is CC(NC(=O)c1ccccc1NC(=O)C1=CSCCO1)c1ccc2c(c1)OCCO2. The summed E-state index contributed by atoms with van der Waals surface area (Å²) < 4.78 is 16.5. The Bertz CT molecular complexity index is 991. The highest BCUT2D eigenvalue weighted by Gasteiger charge is 2.20. The van der Waals surface area contributed by atoms with Gasteiger partial charge in [-0.1, -0.05) is 18.2 Å². The van der Waals surface area contributed by atoms with Crippen LogP contribution in [0.15, 0.2) is 53.6 Å². The Labute approximate surface area is 178 Å². The van der Waals surface area contributed by atoms with Gasteiger partial charge in [0.25, 0.3) is 11.8 Å². The Morgan fingerprint density at radius 3 is 2.57 bits per heavy atom. The van der Waals surface area contributed by atoms with Crippen LogP contribution in [0.3, 0.4) is 0 Å². The quantitative estimate of drug-likeness (QED) is 0.761. The zero-order chi connectivity index (χ0) is 20.9. The Morgan fingerprint density at radius 2 is 1.77 bits per heavy atom. The largest absolute Gasteiger partial charge is 0.487 e. The Morgan fingerprint density at radius 1 is 0.967 bits per heavy atom. The van der Waals surface area contributed by atoms with Gasteiger partial charge in [0.15, 0.2) is 17.3 Å². The third kappa shape index (κ3) is 4.54. The molecular weight excluding hydrogens is 404 g/mol. The molecule has 8 heteroatoms. The number of anilines is 1. The molecule has 0 fully saturated rings. The van der Waals surface area contributed by atoms with Gasteiger partial charge in [-0.05, 0) is 36.8 Å². The summed E-state index contributed by atoms with van der Waals surface area (Å²) in [6.07, 6.45) is 0. The van der Waals surface area contributed by atoms with Crippen LogP contribution in [0.2, 0.25) is 0 Å². The number of hydrogen-bond donors (Lipinski definition) is 2. The fourth-order valence-corrected chi connectivity index (χ4v) is 3.77. The summed E-state index contributed by atoms with van der Waals surface area (Å²) in [5.74, 6) is 1.78. The van der Waals surface area contributed by atoms with Gasteiger partial charge in [0.1, 0.15) is 13.2 Å². The minimum atomic E-state index is -0.373. The van der Waals surface area contributed by atoms with Crippen molar-refractivity contribution in [2.24, 2.45) is 0 Å². The fourth-order valence-electron chi connectivity index (χ4n) is 3.15. The first-order chi connectivity index (χ1) is 14.6. The van der Waals surface area contributed by atoms with Gasteiger partial charge in [-0.2, -0.15) is 0 Å². The Kier molecular flexibility index (Phi) is 6.13. The Balaban J connectivity index is 1.47. The monoisotopic (exact) mass is 426 g/mol. The summed E-state index contributed by atoms with van der Waals surface area (Å²) in [6.45, 7) is 3.41. The van der Waals surface area contributed by atoms with Crippen molar-refractivity contribution in [2.45, 2.75) is 13.0 Å². The van der Waals surface area contributed by atoms with Gasteiger partial charge >= 0.3 is 0 Å². The molecule has 2 aromatic rings. The van der Waals surface area contributed by atoms with E-state index in [1.165, 1.54) is 11.8 Å². The number of fused-ring (bicyclic) bond motifs is 1. The molecule has 2 N–H and O–H groups in total. The second kappa shape index (κ2) is 9.13. The molecule has 0 saturated carbocycles. The van der Waals surface area contributed by atoms with Crippen LogP contribution in [0.4, 0.5) is 5.69 Å². The number of amides is 2. The van der Waals surface area contributed by atoms with E-state index in [0.717, 1.165) is 11.3 Å². The van der Waals surface area contributed by atoms with Gasteiger partial charge in [0.05, 0.1) is 23.9 Å². The van der Waals surface area contributed by atoms with Crippen LogP contribution >= 0.6 is 11.8 Å². The summed E-state index contributed by atoms with van der Waals surface area (Å²) >= 11 is 1.52. The minimum absolute atomic E-state index is 0.256. The summed E-state index contributed by atoms with van der Waals surface area (Å²) in [4.78, 5) is 25.4. The first kappa shape index (κ1) is 20.2. The smallest absolute Gasteiger partial charge is 0.291 e. The minimum Gasteiger partial charge on any atom is -0.487 e. The maximum absolute atomic E-state index is 12.9. The molecule has 2 amide bonds. The molecule has 4 rings (SSSR count). The number of carbonyl (C=O) groups is 2. The van der Waals surface area contributed by atoms with Crippen LogP contribution in [0.25, 0.3) is 0 Å². The van der Waals surface area contributed by atoms with Crippen LogP contribution in [0.1, 0.15) is 28.9 Å². The van der Waals surface area contributed by atoms with Gasteiger partial charge in [0, 0.05) is 11.2 Å². The van der Waals surface area contributed by atoms with E-state index in [9.17, 15) is 9.59 Å². The van der Waals surface area contributed by atoms with Gasteiger partial charge < -0.3 is 24.8 Å². The number of thioether (sulfide) groups is 1. The molecule has 7 nitrogen and oxygen atoms in total. The van der Waals surface area contributed by atoms with E-state index in [2.05, 4.69) is 10.6 Å². The molecule has 2 aliphatic heterocycles. The van der Waals surface area contributed by atoms with E-state index in [1.54, 1.807) is 29.7 Å². The molecule has 0 aliphatic carbocycles. The lowest BCUT2D eigenvalue weighted by molar-refractivity contribution is -0.116. The molecule has 2 aliphatic rings. The number of carbonyl (C=O) groups excluding carboxylic acids is 2. The van der Waals surface area contributed by atoms with Crippen molar-refractivity contribution in [1.82, 2.24) is 5.32 Å². The van der Waals surface area contributed by atoms with Gasteiger partial charge in [-0.3, -0.25) is 9.59 Å². The first-order valence-corrected chi connectivity index (χ1v) is 10.7. The number of nitrogens with one attached hydrogen (secondary N) is 2. The zero-order valence-corrected chi connectivity index (χ0v) is 17.3. The molecule has 1 unspecified atom stereocenters. The third-order valence-corrected chi connectivity index (χ3v) is 5.49. The van der Waals surface area contributed by atoms with Gasteiger partial charge in [-0.15, -0.1) is 11.8 Å². The zero-order valence-electron chi connectivity index (χ0n) is 16.5. The number of para-hydroxylation sites is 1. The van der Waals surface area contributed by atoms with Crippen LogP contribution < -0.4 is 20.1 Å². The highest BCUT2D eigenvalue weighted by molar-refractivity contribution is 8.02. The summed E-state index contributed by atoms with van der Waals surface area (Å²) in [5.41, 5.74) is 1.70. The topological polar surface area (TPSA) is 85.9 Å². The second-order valence-corrected chi connectivity index (χ2v) is 7.78. The highest BCUT2D eigenvalue weighted by atomic mass is 32.2. The fraction of sp³-hybridized carbons (Fsp3) is 0.273. The van der Waals surface area contributed by atoms with Gasteiger partial charge in [-0.25, -0.2) is 0 Å². The van der Waals surface area contributed by atoms with E-state index in [0.29, 0.717) is 42.6 Å². The molecular formula is C22H22N2O5S. The number of hydrogen-bond acceptors (Lipinski definition) is 6. The third-order valence-electron chi connectivity index (χ3n) is 4.71. The highest BCUT2D eigenvalue weighted by Crippen LogP contribution is 2.32. The molecule has 0 saturated heterocycles. The van der Waals surface area contributed by atoms with Gasteiger partial charge in [0.2, 0.25) is 0 Å². The lowest BCUT2D eigenvalue weighted by Crippen LogP contribution is -2.28. The lowest BCUT2D eigenvalue weighted by atomic mass is 10.1. The van der Waals surface area contributed by atoms with E-state index in [-0.39, 0.29) is 23.6 Å². The molecule has 2 aromatic carbocycles. The maximum Gasteiger partial charge on any atom is 0.291 e. The average molecular weight is 426 g/mol. The number of benzene rings is 2. The van der Waals surface area contributed by atoms with Crippen molar-refractivity contribution in [3.8, 4) is 11.5 Å². The van der Waals surface area contributed by atoms with E-state index in [4.69, 9.17) is 14.2 Å². The predicted molar refractivity (Wildman–Crippen MR) is 115 cm³/mol. The van der Waals surface area contributed by atoms with Crippen molar-refractivity contribution in [1.29, 1.82) is 0 Å². The summed E-state index contributed by atoms with van der Waals surface area (Å²) in [5, 5.41) is 7.43. The van der Waals surface area contributed by atoms with Crippen LogP contribution in [0.5, 0.6) is 11.5 Å². The molecule has 2 heterocycles. The van der Waals surface area contributed by atoms with E-state index < -0.39 is 0 Å². The van der Waals surface area contributed by atoms with E-state index >= 15 is 0 Å². The standard InChI is InChI=1S/C22H22N2O5S/c1-14(15-6-7-18-19(12-15)28-9-8-27-18)23-21(25)16-4-2-3-5-17(16)24-22(26)20-13-30-11-10-29-20/h2-7,12-14H,8-11H2,1H3,(H,23,25)(H,24,26). The van der Waals surface area contributed by atoms with Crippen molar-refractivity contribution in [3.05, 3.63) is 64.8 Å². The van der Waals surface area contributed by atoms with Crippen LogP contribution in [-0.2, 0) is 9.53 Å². The maximum atomic E-state index is 12.9. The summed E-state index contributed by atoms with van der Waals surface area (Å²) in [7, 11) is 0. The van der Waals surface area contributed by atoms with Crippen molar-refractivity contribution >= 4 is 29.3 Å². The molecule has 0 aromatic heterocycles. The van der Waals surface area contributed by atoms with Crippen molar-refractivity contribution in [3.63, 3.8) is 0 Å². The molecule has 0 radical (unpaired) electrons. The number of rotatable bonds is 5.